The zero-order valence-electron chi connectivity index (χ0n) is 15.9. The topological polar surface area (TPSA) is 41.6 Å². The first kappa shape index (κ1) is 20.4. The fourth-order valence-electron chi connectivity index (χ4n) is 2.85. The monoisotopic (exact) mass is 414 g/mol. The van der Waals surface area contributed by atoms with Crippen molar-refractivity contribution in [3.63, 3.8) is 0 Å². The molecule has 146 valence electrons. The van der Waals surface area contributed by atoms with Crippen molar-refractivity contribution in [1.29, 1.82) is 0 Å². The third-order valence-electron chi connectivity index (χ3n) is 4.42. The summed E-state index contributed by atoms with van der Waals surface area (Å²) in [7, 11) is 4.02. The molecule has 2 aromatic carbocycles. The molecule has 1 heterocycles. The molecule has 1 aromatic heterocycles. The number of para-hydroxylation sites is 1. The Kier molecular flexibility index (Phi) is 7.09. The minimum Gasteiger partial charge on any atom is -0.488 e. The number of benzene rings is 2. The lowest BCUT2D eigenvalue weighted by Gasteiger charge is -2.23. The third-order valence-corrected chi connectivity index (χ3v) is 5.77. The SMILES string of the molecule is CN(C)C(CNC(=O)c1ccccc1OCc1ccccc1Cl)c1cccs1. The van der Waals surface area contributed by atoms with E-state index in [2.05, 4.69) is 16.3 Å². The average Bonchev–Trinajstić information content (AvgIpc) is 3.22. The van der Waals surface area contributed by atoms with Gasteiger partial charge in [0.15, 0.2) is 0 Å². The van der Waals surface area contributed by atoms with Crippen molar-refractivity contribution in [2.45, 2.75) is 12.6 Å². The summed E-state index contributed by atoms with van der Waals surface area (Å²) < 4.78 is 5.90. The maximum Gasteiger partial charge on any atom is 0.255 e. The van der Waals surface area contributed by atoms with Crippen LogP contribution in [0.4, 0.5) is 0 Å². The molecule has 1 N–H and O–H groups in total. The van der Waals surface area contributed by atoms with Crippen LogP contribution >= 0.6 is 22.9 Å². The fourth-order valence-corrected chi connectivity index (χ4v) is 3.97. The van der Waals surface area contributed by atoms with Crippen LogP contribution < -0.4 is 10.1 Å². The van der Waals surface area contributed by atoms with Gasteiger partial charge in [-0.05, 0) is 43.7 Å². The number of nitrogens with one attached hydrogen (secondary N) is 1. The molecular formula is C22H23ClN2O2S. The van der Waals surface area contributed by atoms with Gasteiger partial charge < -0.3 is 15.0 Å². The predicted molar refractivity (Wildman–Crippen MR) is 115 cm³/mol. The Morgan fingerprint density at radius 3 is 2.57 bits per heavy atom. The second-order valence-electron chi connectivity index (χ2n) is 6.58. The Balaban J connectivity index is 1.68. The van der Waals surface area contributed by atoms with Crippen LogP contribution in [0.25, 0.3) is 0 Å². The van der Waals surface area contributed by atoms with Crippen LogP contribution in [0.5, 0.6) is 5.75 Å². The minimum absolute atomic E-state index is 0.125. The summed E-state index contributed by atoms with van der Waals surface area (Å²) in [6, 6.07) is 19.0. The molecule has 1 unspecified atom stereocenters. The van der Waals surface area contributed by atoms with E-state index in [0.29, 0.717) is 29.5 Å². The van der Waals surface area contributed by atoms with Crippen molar-refractivity contribution in [3.8, 4) is 5.75 Å². The highest BCUT2D eigenvalue weighted by molar-refractivity contribution is 7.10. The molecule has 1 atom stereocenters. The zero-order chi connectivity index (χ0) is 19.9. The summed E-state index contributed by atoms with van der Waals surface area (Å²) in [6.07, 6.45) is 0. The van der Waals surface area contributed by atoms with Crippen molar-refractivity contribution >= 4 is 28.8 Å². The Hall–Kier alpha value is -2.34. The summed E-state index contributed by atoms with van der Waals surface area (Å²) in [5, 5.41) is 5.73. The number of ether oxygens (including phenoxy) is 1. The van der Waals surface area contributed by atoms with Crippen LogP contribution in [-0.4, -0.2) is 31.4 Å². The molecule has 0 spiro atoms. The van der Waals surface area contributed by atoms with E-state index >= 15 is 0 Å². The summed E-state index contributed by atoms with van der Waals surface area (Å²) in [6.45, 7) is 0.824. The van der Waals surface area contributed by atoms with Crippen molar-refractivity contribution < 1.29 is 9.53 Å². The number of hydrogen-bond donors (Lipinski definition) is 1. The van der Waals surface area contributed by atoms with Gasteiger partial charge in [0.1, 0.15) is 12.4 Å². The highest BCUT2D eigenvalue weighted by Crippen LogP contribution is 2.24. The number of carbonyl (C=O) groups is 1. The molecule has 0 aliphatic heterocycles. The molecule has 6 heteroatoms. The number of carbonyl (C=O) groups excluding carboxylic acids is 1. The first-order chi connectivity index (χ1) is 13.6. The number of nitrogens with zero attached hydrogens (tertiary/aromatic N) is 1. The van der Waals surface area contributed by atoms with Crippen LogP contribution in [-0.2, 0) is 6.61 Å². The van der Waals surface area contributed by atoms with E-state index < -0.39 is 0 Å². The molecule has 0 fully saturated rings. The maximum absolute atomic E-state index is 12.8. The van der Waals surface area contributed by atoms with Crippen molar-refractivity contribution in [2.24, 2.45) is 0 Å². The molecular weight excluding hydrogens is 392 g/mol. The van der Waals surface area contributed by atoms with Crippen LogP contribution in [0.2, 0.25) is 5.02 Å². The molecule has 1 amide bonds. The van der Waals surface area contributed by atoms with E-state index in [4.69, 9.17) is 16.3 Å². The summed E-state index contributed by atoms with van der Waals surface area (Å²) in [4.78, 5) is 16.1. The number of hydrogen-bond acceptors (Lipinski definition) is 4. The lowest BCUT2D eigenvalue weighted by atomic mass is 10.1. The van der Waals surface area contributed by atoms with Gasteiger partial charge in [0.2, 0.25) is 0 Å². The van der Waals surface area contributed by atoms with E-state index in [-0.39, 0.29) is 11.9 Å². The van der Waals surface area contributed by atoms with Gasteiger partial charge in [-0.15, -0.1) is 11.3 Å². The molecule has 0 aliphatic carbocycles. The Morgan fingerprint density at radius 2 is 1.86 bits per heavy atom. The molecule has 0 radical (unpaired) electrons. The van der Waals surface area contributed by atoms with Crippen LogP contribution in [0.15, 0.2) is 66.0 Å². The molecule has 0 saturated carbocycles. The van der Waals surface area contributed by atoms with Gasteiger partial charge >= 0.3 is 0 Å². The molecule has 28 heavy (non-hydrogen) atoms. The second-order valence-corrected chi connectivity index (χ2v) is 7.97. The van der Waals surface area contributed by atoms with Gasteiger partial charge in [-0.2, -0.15) is 0 Å². The van der Waals surface area contributed by atoms with Crippen LogP contribution in [0, 0.1) is 0 Å². The molecule has 3 rings (SSSR count). The Morgan fingerprint density at radius 1 is 1.11 bits per heavy atom. The number of amides is 1. The van der Waals surface area contributed by atoms with Gasteiger partial charge in [-0.1, -0.05) is 48.0 Å². The van der Waals surface area contributed by atoms with E-state index in [9.17, 15) is 4.79 Å². The summed E-state index contributed by atoms with van der Waals surface area (Å²) in [5.41, 5.74) is 1.39. The lowest BCUT2D eigenvalue weighted by Crippen LogP contribution is -2.34. The molecule has 0 saturated heterocycles. The highest BCUT2D eigenvalue weighted by atomic mass is 35.5. The highest BCUT2D eigenvalue weighted by Gasteiger charge is 2.18. The van der Waals surface area contributed by atoms with E-state index in [1.165, 1.54) is 4.88 Å². The molecule has 4 nitrogen and oxygen atoms in total. The maximum atomic E-state index is 12.8. The quantitative estimate of drug-likeness (QED) is 0.563. The number of thiophene rings is 1. The van der Waals surface area contributed by atoms with Crippen molar-refractivity contribution in [3.05, 3.63) is 87.1 Å². The van der Waals surface area contributed by atoms with Crippen LogP contribution in [0.1, 0.15) is 26.8 Å². The first-order valence-electron chi connectivity index (χ1n) is 8.99. The van der Waals surface area contributed by atoms with Gasteiger partial charge in [0.05, 0.1) is 11.6 Å². The second kappa shape index (κ2) is 9.73. The largest absolute Gasteiger partial charge is 0.488 e. The minimum atomic E-state index is -0.154. The zero-order valence-corrected chi connectivity index (χ0v) is 17.5. The average molecular weight is 415 g/mol. The standard InChI is InChI=1S/C22H23ClN2O2S/c1-25(2)19(21-12-7-13-28-21)14-24-22(26)17-9-4-6-11-20(17)27-15-16-8-3-5-10-18(16)23/h3-13,19H,14-15H2,1-2H3,(H,24,26). The molecule has 3 aromatic rings. The fraction of sp³-hybridized carbons (Fsp3) is 0.227. The number of halogens is 1. The van der Waals surface area contributed by atoms with Gasteiger partial charge in [0, 0.05) is 22.0 Å². The van der Waals surface area contributed by atoms with Crippen molar-refractivity contribution in [1.82, 2.24) is 10.2 Å². The molecule has 0 aliphatic rings. The van der Waals surface area contributed by atoms with E-state index in [1.807, 2.05) is 61.9 Å². The summed E-state index contributed by atoms with van der Waals surface area (Å²) >= 11 is 7.88. The summed E-state index contributed by atoms with van der Waals surface area (Å²) in [5.74, 6) is 0.385. The smallest absolute Gasteiger partial charge is 0.255 e. The number of rotatable bonds is 8. The van der Waals surface area contributed by atoms with E-state index in [1.54, 1.807) is 23.5 Å². The normalized spacial score (nSPS) is 12.0. The van der Waals surface area contributed by atoms with E-state index in [0.717, 1.165) is 5.56 Å². The predicted octanol–water partition coefficient (Wildman–Crippen LogP) is 5.01. The Bertz CT molecular complexity index is 912. The third kappa shape index (κ3) is 5.13. The lowest BCUT2D eigenvalue weighted by molar-refractivity contribution is 0.0937. The number of likely N-dealkylation sites (N-methyl/N-ethyl adjacent to an activating group) is 1. The first-order valence-corrected chi connectivity index (χ1v) is 10.3. The van der Waals surface area contributed by atoms with Crippen molar-refractivity contribution in [2.75, 3.05) is 20.6 Å². The Labute approximate surface area is 174 Å². The molecule has 0 bridgehead atoms. The van der Waals surface area contributed by atoms with Gasteiger partial charge in [-0.3, -0.25) is 4.79 Å². The van der Waals surface area contributed by atoms with Crippen LogP contribution in [0.3, 0.4) is 0 Å². The van der Waals surface area contributed by atoms with Gasteiger partial charge in [0.25, 0.3) is 5.91 Å². The van der Waals surface area contributed by atoms with Gasteiger partial charge in [-0.25, -0.2) is 0 Å².